The van der Waals surface area contributed by atoms with Gasteiger partial charge in [0.25, 0.3) is 0 Å². The fraction of sp³-hybridized carbons (Fsp3) is 0.143. The summed E-state index contributed by atoms with van der Waals surface area (Å²) in [5, 5.41) is 6.77. The smallest absolute Gasteiger partial charge is 0.338 e. The number of para-hydroxylation sites is 2. The summed E-state index contributed by atoms with van der Waals surface area (Å²) in [6.45, 7) is 6.30. The van der Waals surface area contributed by atoms with Crippen molar-refractivity contribution >= 4 is 23.6 Å². The number of aryl methyl sites for hydroxylation is 1. The minimum Gasteiger partial charge on any atom is -0.462 e. The molecule has 0 amide bonds. The average Bonchev–Trinajstić information content (AvgIpc) is 3.13. The summed E-state index contributed by atoms with van der Waals surface area (Å²) in [5.74, 6) is -0.306. The van der Waals surface area contributed by atoms with Gasteiger partial charge in [0, 0.05) is 22.6 Å². The topological polar surface area (TPSA) is 46.8 Å². The minimum atomic E-state index is -0.306. The maximum Gasteiger partial charge on any atom is 0.338 e. The van der Waals surface area contributed by atoms with Crippen molar-refractivity contribution in [1.82, 2.24) is 4.57 Å². The average molecular weight is 438 g/mol. The molecule has 0 aliphatic rings. The second kappa shape index (κ2) is 10.0. The summed E-state index contributed by atoms with van der Waals surface area (Å²) in [7, 11) is 0. The van der Waals surface area contributed by atoms with Crippen LogP contribution in [0.25, 0.3) is 5.69 Å². The van der Waals surface area contributed by atoms with Crippen LogP contribution < -0.4 is 5.01 Å². The van der Waals surface area contributed by atoms with Crippen LogP contribution in [0.1, 0.15) is 34.2 Å². The molecular formula is C28H27N3O2. The van der Waals surface area contributed by atoms with Gasteiger partial charge in [-0.3, -0.25) is 0 Å². The highest BCUT2D eigenvalue weighted by atomic mass is 16.5. The Bertz CT molecular complexity index is 1200. The number of nitrogens with zero attached hydrogens (tertiary/aromatic N) is 3. The number of hydrogen-bond acceptors (Lipinski definition) is 4. The molecule has 5 nitrogen and oxygen atoms in total. The number of esters is 1. The van der Waals surface area contributed by atoms with E-state index in [2.05, 4.69) is 24.5 Å². The number of aromatic nitrogens is 1. The van der Waals surface area contributed by atoms with Gasteiger partial charge < -0.3 is 9.30 Å². The molecular weight excluding hydrogens is 410 g/mol. The van der Waals surface area contributed by atoms with E-state index in [1.165, 1.54) is 0 Å². The van der Waals surface area contributed by atoms with E-state index in [1.54, 1.807) is 19.1 Å². The normalized spacial score (nSPS) is 11.0. The predicted molar refractivity (Wildman–Crippen MR) is 134 cm³/mol. The van der Waals surface area contributed by atoms with Gasteiger partial charge in [-0.05, 0) is 75.4 Å². The molecule has 33 heavy (non-hydrogen) atoms. The van der Waals surface area contributed by atoms with Crippen LogP contribution in [-0.2, 0) is 4.74 Å². The van der Waals surface area contributed by atoms with Crippen LogP contribution in [-0.4, -0.2) is 23.4 Å². The summed E-state index contributed by atoms with van der Waals surface area (Å²) in [6.07, 6.45) is 1.89. The Labute approximate surface area is 194 Å². The van der Waals surface area contributed by atoms with Crippen LogP contribution in [0.2, 0.25) is 0 Å². The molecule has 0 spiro atoms. The number of carbonyl (C=O) groups excluding carboxylic acids is 1. The SMILES string of the molecule is CCOC(=O)c1ccc(-n2c(C)cc(/C=N\N(c3ccccc3)c3ccccc3)c2C)cc1. The van der Waals surface area contributed by atoms with E-state index in [1.807, 2.05) is 84.0 Å². The fourth-order valence-electron chi connectivity index (χ4n) is 3.82. The summed E-state index contributed by atoms with van der Waals surface area (Å²) in [6, 6.07) is 29.8. The van der Waals surface area contributed by atoms with Crippen molar-refractivity contribution in [3.63, 3.8) is 0 Å². The maximum absolute atomic E-state index is 12.0. The van der Waals surface area contributed by atoms with E-state index >= 15 is 0 Å². The van der Waals surface area contributed by atoms with Crippen molar-refractivity contribution < 1.29 is 9.53 Å². The first kappa shape index (κ1) is 22.1. The summed E-state index contributed by atoms with van der Waals surface area (Å²) in [5.41, 5.74) is 6.70. The molecule has 166 valence electrons. The highest BCUT2D eigenvalue weighted by Crippen LogP contribution is 2.26. The van der Waals surface area contributed by atoms with Gasteiger partial charge in [-0.1, -0.05) is 36.4 Å². The Morgan fingerprint density at radius 1 is 0.909 bits per heavy atom. The first-order valence-corrected chi connectivity index (χ1v) is 11.0. The molecule has 0 aliphatic heterocycles. The molecule has 0 radical (unpaired) electrons. The molecule has 4 aromatic rings. The highest BCUT2D eigenvalue weighted by Gasteiger charge is 2.13. The molecule has 1 heterocycles. The quantitative estimate of drug-likeness (QED) is 0.190. The Kier molecular flexibility index (Phi) is 6.69. The van der Waals surface area contributed by atoms with Crippen LogP contribution in [0.15, 0.2) is 96.1 Å². The van der Waals surface area contributed by atoms with Crippen molar-refractivity contribution in [2.75, 3.05) is 11.6 Å². The maximum atomic E-state index is 12.0. The first-order valence-electron chi connectivity index (χ1n) is 11.0. The summed E-state index contributed by atoms with van der Waals surface area (Å²) < 4.78 is 7.24. The lowest BCUT2D eigenvalue weighted by Crippen LogP contribution is -2.09. The molecule has 5 heteroatoms. The number of hydrogen-bond donors (Lipinski definition) is 0. The monoisotopic (exact) mass is 437 g/mol. The molecule has 0 N–H and O–H groups in total. The second-order valence-electron chi connectivity index (χ2n) is 7.66. The van der Waals surface area contributed by atoms with Gasteiger partial charge in [-0.2, -0.15) is 5.10 Å². The molecule has 0 saturated heterocycles. The summed E-state index contributed by atoms with van der Waals surface area (Å²) in [4.78, 5) is 12.0. The van der Waals surface area contributed by atoms with Crippen LogP contribution in [0.3, 0.4) is 0 Å². The van der Waals surface area contributed by atoms with Crippen molar-refractivity contribution in [2.45, 2.75) is 20.8 Å². The molecule has 3 aromatic carbocycles. The number of hydrazone groups is 1. The molecule has 0 saturated carbocycles. The Morgan fingerprint density at radius 2 is 1.48 bits per heavy atom. The van der Waals surface area contributed by atoms with E-state index in [9.17, 15) is 4.79 Å². The Morgan fingerprint density at radius 3 is 2.03 bits per heavy atom. The van der Waals surface area contributed by atoms with E-state index in [0.717, 1.165) is 34.0 Å². The van der Waals surface area contributed by atoms with Gasteiger partial charge in [-0.25, -0.2) is 9.80 Å². The zero-order valence-electron chi connectivity index (χ0n) is 19.1. The molecule has 0 unspecified atom stereocenters. The van der Waals surface area contributed by atoms with Gasteiger partial charge >= 0.3 is 5.97 Å². The van der Waals surface area contributed by atoms with E-state index in [4.69, 9.17) is 9.84 Å². The fourth-order valence-corrected chi connectivity index (χ4v) is 3.82. The summed E-state index contributed by atoms with van der Waals surface area (Å²) >= 11 is 0. The van der Waals surface area contributed by atoms with Crippen LogP contribution >= 0.6 is 0 Å². The van der Waals surface area contributed by atoms with E-state index in [0.29, 0.717) is 12.2 Å². The van der Waals surface area contributed by atoms with Crippen LogP contribution in [0, 0.1) is 13.8 Å². The third kappa shape index (κ3) is 4.88. The number of anilines is 2. The zero-order chi connectivity index (χ0) is 23.2. The lowest BCUT2D eigenvalue weighted by Gasteiger charge is -2.19. The van der Waals surface area contributed by atoms with Crippen LogP contribution in [0.5, 0.6) is 0 Å². The molecule has 4 rings (SSSR count). The van der Waals surface area contributed by atoms with E-state index in [-0.39, 0.29) is 5.97 Å². The number of benzene rings is 3. The van der Waals surface area contributed by atoms with E-state index < -0.39 is 0 Å². The second-order valence-corrected chi connectivity index (χ2v) is 7.66. The predicted octanol–water partition coefficient (Wildman–Crippen LogP) is 6.44. The van der Waals surface area contributed by atoms with Crippen molar-refractivity contribution in [2.24, 2.45) is 5.10 Å². The minimum absolute atomic E-state index is 0.306. The van der Waals surface area contributed by atoms with Gasteiger partial charge in [0.2, 0.25) is 0 Å². The lowest BCUT2D eigenvalue weighted by molar-refractivity contribution is 0.0526. The first-order chi connectivity index (χ1) is 16.1. The van der Waals surface area contributed by atoms with Crippen LogP contribution in [0.4, 0.5) is 11.4 Å². The van der Waals surface area contributed by atoms with Gasteiger partial charge in [0.1, 0.15) is 0 Å². The highest BCUT2D eigenvalue weighted by molar-refractivity contribution is 5.89. The molecule has 0 fully saturated rings. The van der Waals surface area contributed by atoms with Crippen molar-refractivity contribution in [3.8, 4) is 5.69 Å². The Hall–Kier alpha value is -4.12. The van der Waals surface area contributed by atoms with Crippen molar-refractivity contribution in [3.05, 3.63) is 114 Å². The Balaban J connectivity index is 1.65. The van der Waals surface area contributed by atoms with Gasteiger partial charge in [0.15, 0.2) is 0 Å². The third-order valence-corrected chi connectivity index (χ3v) is 5.42. The number of carbonyl (C=O) groups is 1. The van der Waals surface area contributed by atoms with Crippen molar-refractivity contribution in [1.29, 1.82) is 0 Å². The molecule has 0 bridgehead atoms. The zero-order valence-corrected chi connectivity index (χ0v) is 19.1. The lowest BCUT2D eigenvalue weighted by atomic mass is 10.2. The number of ether oxygens (including phenoxy) is 1. The molecule has 0 atom stereocenters. The largest absolute Gasteiger partial charge is 0.462 e. The van der Waals surface area contributed by atoms with Gasteiger partial charge in [-0.15, -0.1) is 0 Å². The van der Waals surface area contributed by atoms with Gasteiger partial charge in [0.05, 0.1) is 29.8 Å². The number of rotatable bonds is 7. The molecule has 1 aromatic heterocycles. The third-order valence-electron chi connectivity index (χ3n) is 5.42. The standard InChI is InChI=1S/C28H27N3O2/c1-4-33-28(32)23-15-17-25(18-16-23)30-21(2)19-24(22(30)3)20-29-31(26-11-7-5-8-12-26)27-13-9-6-10-14-27/h5-20H,4H2,1-3H3/b29-20-. The molecule has 0 aliphatic carbocycles.